The van der Waals surface area contributed by atoms with Crippen molar-refractivity contribution in [1.29, 1.82) is 0 Å². The zero-order chi connectivity index (χ0) is 9.64. The summed E-state index contributed by atoms with van der Waals surface area (Å²) in [4.78, 5) is 1.03. The van der Waals surface area contributed by atoms with Gasteiger partial charge in [0.05, 0.1) is 11.1 Å². The summed E-state index contributed by atoms with van der Waals surface area (Å²) in [6.07, 6.45) is 1.59. The molecule has 2 aromatic heterocycles. The van der Waals surface area contributed by atoms with Gasteiger partial charge in [0.25, 0.3) is 0 Å². The highest BCUT2D eigenvalue weighted by atomic mass is 32.1. The van der Waals surface area contributed by atoms with Crippen LogP contribution >= 0.6 is 11.3 Å². The molecule has 2 rings (SSSR count). The summed E-state index contributed by atoms with van der Waals surface area (Å²) >= 11 is 1.61. The van der Waals surface area contributed by atoms with Gasteiger partial charge in [0.15, 0.2) is 5.76 Å². The Labute approximate surface area is 86.4 Å². The fourth-order valence-corrected chi connectivity index (χ4v) is 1.46. The largest absolute Gasteiger partial charge is 0.456 e. The second-order valence-corrected chi connectivity index (χ2v) is 3.40. The van der Waals surface area contributed by atoms with E-state index in [4.69, 9.17) is 4.42 Å². The molecule has 0 saturated carbocycles. The van der Waals surface area contributed by atoms with Crippen LogP contribution in [0.4, 0.5) is 0 Å². The van der Waals surface area contributed by atoms with E-state index in [-0.39, 0.29) is 0 Å². The zero-order valence-corrected chi connectivity index (χ0v) is 8.10. The number of hydrogen-bond donors (Lipinski definition) is 0. The summed E-state index contributed by atoms with van der Waals surface area (Å²) in [6, 6.07) is 7.54. The van der Waals surface area contributed by atoms with E-state index >= 15 is 0 Å². The minimum atomic E-state index is 0.644. The standard InChI is InChI=1S/C12H6OS/c1(5-11-6-3-9-13-11)2-7-12-8-4-10-14-12/h3-4,6,8-10H. The second-order valence-electron chi connectivity index (χ2n) is 2.45. The Morgan fingerprint density at radius 3 is 2.71 bits per heavy atom. The number of furan rings is 1. The van der Waals surface area contributed by atoms with E-state index in [1.807, 2.05) is 17.5 Å². The van der Waals surface area contributed by atoms with Crippen molar-refractivity contribution in [2.75, 3.05) is 0 Å². The van der Waals surface area contributed by atoms with Crippen molar-refractivity contribution in [3.63, 3.8) is 0 Å². The van der Waals surface area contributed by atoms with Crippen LogP contribution in [-0.4, -0.2) is 0 Å². The van der Waals surface area contributed by atoms with Gasteiger partial charge in [0.1, 0.15) is 0 Å². The van der Waals surface area contributed by atoms with Crippen LogP contribution in [0.2, 0.25) is 0 Å². The van der Waals surface area contributed by atoms with Crippen molar-refractivity contribution in [3.8, 4) is 23.7 Å². The van der Waals surface area contributed by atoms with Crippen molar-refractivity contribution in [2.45, 2.75) is 0 Å². The molecule has 2 heteroatoms. The highest BCUT2D eigenvalue weighted by molar-refractivity contribution is 7.10. The van der Waals surface area contributed by atoms with E-state index in [2.05, 4.69) is 23.7 Å². The first-order chi connectivity index (χ1) is 6.95. The Morgan fingerprint density at radius 1 is 1.07 bits per heavy atom. The van der Waals surface area contributed by atoms with Gasteiger partial charge in [-0.15, -0.1) is 11.3 Å². The minimum absolute atomic E-state index is 0.644. The lowest BCUT2D eigenvalue weighted by Gasteiger charge is -1.73. The van der Waals surface area contributed by atoms with Gasteiger partial charge < -0.3 is 4.42 Å². The SMILES string of the molecule is C(C#Cc1cccs1)#Cc1ccco1. The van der Waals surface area contributed by atoms with E-state index in [1.54, 1.807) is 29.7 Å². The minimum Gasteiger partial charge on any atom is -0.456 e. The van der Waals surface area contributed by atoms with Crippen molar-refractivity contribution in [1.82, 2.24) is 0 Å². The van der Waals surface area contributed by atoms with E-state index in [0.29, 0.717) is 5.76 Å². The molecule has 2 aromatic rings. The van der Waals surface area contributed by atoms with Crippen LogP contribution in [0.25, 0.3) is 0 Å². The molecule has 0 aliphatic heterocycles. The van der Waals surface area contributed by atoms with Gasteiger partial charge in [-0.05, 0) is 47.3 Å². The lowest BCUT2D eigenvalue weighted by atomic mass is 10.4. The van der Waals surface area contributed by atoms with Crippen LogP contribution in [0.5, 0.6) is 0 Å². The number of thiophene rings is 1. The van der Waals surface area contributed by atoms with Crippen molar-refractivity contribution >= 4 is 11.3 Å². The van der Waals surface area contributed by atoms with Crippen LogP contribution in [0.1, 0.15) is 10.6 Å². The van der Waals surface area contributed by atoms with Crippen LogP contribution in [0, 0.1) is 23.7 Å². The molecule has 0 N–H and O–H groups in total. The van der Waals surface area contributed by atoms with E-state index < -0.39 is 0 Å². The van der Waals surface area contributed by atoms with Crippen LogP contribution < -0.4 is 0 Å². The highest BCUT2D eigenvalue weighted by Crippen LogP contribution is 2.05. The first-order valence-electron chi connectivity index (χ1n) is 4.04. The first kappa shape index (κ1) is 8.69. The Bertz CT molecular complexity index is 448. The van der Waals surface area contributed by atoms with Gasteiger partial charge in [-0.3, -0.25) is 0 Å². The Kier molecular flexibility index (Phi) is 2.71. The van der Waals surface area contributed by atoms with Gasteiger partial charge in [0.2, 0.25) is 0 Å². The molecule has 0 saturated heterocycles. The zero-order valence-electron chi connectivity index (χ0n) is 7.28. The van der Waals surface area contributed by atoms with E-state index in [1.165, 1.54) is 0 Å². The van der Waals surface area contributed by atoms with Crippen LogP contribution in [0.15, 0.2) is 40.3 Å². The van der Waals surface area contributed by atoms with Gasteiger partial charge in [-0.1, -0.05) is 6.07 Å². The Morgan fingerprint density at radius 2 is 2.00 bits per heavy atom. The van der Waals surface area contributed by atoms with Gasteiger partial charge in [-0.2, -0.15) is 0 Å². The molecule has 0 unspecified atom stereocenters. The predicted molar refractivity (Wildman–Crippen MR) is 56.8 cm³/mol. The molecular formula is C12H6OS. The molecule has 0 spiro atoms. The molecule has 0 aromatic carbocycles. The van der Waals surface area contributed by atoms with Crippen molar-refractivity contribution in [2.24, 2.45) is 0 Å². The molecule has 0 bridgehead atoms. The summed E-state index contributed by atoms with van der Waals surface area (Å²) in [5.41, 5.74) is 0. The summed E-state index contributed by atoms with van der Waals surface area (Å²) in [5.74, 6) is 11.9. The van der Waals surface area contributed by atoms with E-state index in [0.717, 1.165) is 4.88 Å². The summed E-state index contributed by atoms with van der Waals surface area (Å²) in [6.45, 7) is 0. The van der Waals surface area contributed by atoms with Crippen molar-refractivity contribution in [3.05, 3.63) is 46.5 Å². The third-order valence-corrected chi connectivity index (χ3v) is 2.26. The lowest BCUT2D eigenvalue weighted by Crippen LogP contribution is -1.62. The smallest absolute Gasteiger partial charge is 0.177 e. The molecular weight excluding hydrogens is 192 g/mol. The van der Waals surface area contributed by atoms with Crippen LogP contribution in [-0.2, 0) is 0 Å². The molecule has 0 amide bonds. The van der Waals surface area contributed by atoms with Gasteiger partial charge in [0, 0.05) is 0 Å². The topological polar surface area (TPSA) is 13.1 Å². The normalized spacial score (nSPS) is 8.29. The predicted octanol–water partition coefficient (Wildman–Crippen LogP) is 2.74. The molecule has 0 aliphatic carbocycles. The molecule has 66 valence electrons. The average Bonchev–Trinajstić information content (AvgIpc) is 2.86. The Balaban J connectivity index is 2.07. The molecule has 0 atom stereocenters. The fraction of sp³-hybridized carbons (Fsp3) is 0. The molecule has 1 nitrogen and oxygen atoms in total. The second kappa shape index (κ2) is 4.37. The molecule has 14 heavy (non-hydrogen) atoms. The van der Waals surface area contributed by atoms with Gasteiger partial charge >= 0.3 is 0 Å². The summed E-state index contributed by atoms with van der Waals surface area (Å²) < 4.78 is 5.03. The Hall–Kier alpha value is -1.90. The molecule has 0 radical (unpaired) electrons. The van der Waals surface area contributed by atoms with Gasteiger partial charge in [-0.25, -0.2) is 0 Å². The fourth-order valence-electron chi connectivity index (χ4n) is 0.885. The molecule has 0 fully saturated rings. The summed E-state index contributed by atoms with van der Waals surface area (Å²) in [7, 11) is 0. The highest BCUT2D eigenvalue weighted by Gasteiger charge is 1.84. The molecule has 2 heterocycles. The number of hydrogen-bond acceptors (Lipinski definition) is 2. The van der Waals surface area contributed by atoms with Crippen molar-refractivity contribution < 1.29 is 4.42 Å². The monoisotopic (exact) mass is 198 g/mol. The summed E-state index contributed by atoms with van der Waals surface area (Å²) in [5, 5.41) is 1.99. The maximum Gasteiger partial charge on any atom is 0.177 e. The third-order valence-electron chi connectivity index (χ3n) is 1.48. The average molecular weight is 198 g/mol. The van der Waals surface area contributed by atoms with Crippen LogP contribution in [0.3, 0.4) is 0 Å². The quantitative estimate of drug-likeness (QED) is 0.593. The lowest BCUT2D eigenvalue weighted by molar-refractivity contribution is 0.554. The maximum atomic E-state index is 5.03. The maximum absolute atomic E-state index is 5.03. The first-order valence-corrected chi connectivity index (χ1v) is 4.92. The number of rotatable bonds is 0. The molecule has 0 aliphatic rings. The van der Waals surface area contributed by atoms with E-state index in [9.17, 15) is 0 Å². The third kappa shape index (κ3) is 2.29.